The molecule has 2 heterocycles. The molecule has 0 unspecified atom stereocenters. The molecule has 4 rings (SSSR count). The third-order valence-electron chi connectivity index (χ3n) is 3.53. The number of nitrogens with zero attached hydrogens (tertiary/aromatic N) is 2. The van der Waals surface area contributed by atoms with Crippen molar-refractivity contribution in [3.05, 3.63) is 71.9 Å². The summed E-state index contributed by atoms with van der Waals surface area (Å²) in [4.78, 5) is 8.49. The number of rotatable bonds is 4. The second-order valence-corrected chi connectivity index (χ2v) is 7.34. The van der Waals surface area contributed by atoms with Gasteiger partial charge >= 0.3 is 10.1 Å². The van der Waals surface area contributed by atoms with Crippen LogP contribution in [0.5, 0.6) is 5.75 Å². The van der Waals surface area contributed by atoms with Gasteiger partial charge in [0.15, 0.2) is 5.58 Å². The van der Waals surface area contributed by atoms with Crippen LogP contribution in [0, 0.1) is 0 Å². The summed E-state index contributed by atoms with van der Waals surface area (Å²) in [5, 5.41) is 0.306. The van der Waals surface area contributed by atoms with E-state index in [1.807, 2.05) is 6.07 Å². The minimum absolute atomic E-state index is 0.0307. The predicted molar refractivity (Wildman–Crippen MR) is 96.5 cm³/mol. The number of halogens is 1. The molecule has 0 atom stereocenters. The Morgan fingerprint density at radius 1 is 1.00 bits per heavy atom. The lowest BCUT2D eigenvalue weighted by atomic mass is 10.3. The Balaban J connectivity index is 1.67. The van der Waals surface area contributed by atoms with Gasteiger partial charge < -0.3 is 8.60 Å². The van der Waals surface area contributed by atoms with Crippen LogP contribution in [0.2, 0.25) is 5.02 Å². The van der Waals surface area contributed by atoms with Crippen LogP contribution in [0.15, 0.2) is 76.2 Å². The normalized spacial score (nSPS) is 11.6. The van der Waals surface area contributed by atoms with Crippen LogP contribution in [0.1, 0.15) is 0 Å². The molecule has 0 fully saturated rings. The first kappa shape index (κ1) is 16.6. The fraction of sp³-hybridized carbons (Fsp3) is 0. The van der Waals surface area contributed by atoms with E-state index in [-0.39, 0.29) is 10.6 Å². The molecule has 0 bridgehead atoms. The summed E-state index contributed by atoms with van der Waals surface area (Å²) in [5.74, 6) is 0.455. The van der Waals surface area contributed by atoms with Gasteiger partial charge in [-0.3, -0.25) is 4.98 Å². The maximum absolute atomic E-state index is 12.4. The van der Waals surface area contributed by atoms with Gasteiger partial charge in [0.05, 0.1) is 0 Å². The summed E-state index contributed by atoms with van der Waals surface area (Å²) in [6, 6.07) is 15.8. The van der Waals surface area contributed by atoms with Crippen LogP contribution >= 0.6 is 11.6 Å². The molecule has 0 saturated heterocycles. The van der Waals surface area contributed by atoms with E-state index in [0.717, 1.165) is 0 Å². The Hall–Kier alpha value is -2.90. The predicted octanol–water partition coefficient (Wildman–Crippen LogP) is 4.31. The van der Waals surface area contributed by atoms with E-state index < -0.39 is 10.1 Å². The highest BCUT2D eigenvalue weighted by Gasteiger charge is 2.18. The summed E-state index contributed by atoms with van der Waals surface area (Å²) in [6.45, 7) is 0. The van der Waals surface area contributed by atoms with Crippen LogP contribution in [0.25, 0.3) is 22.7 Å². The molecule has 0 amide bonds. The highest BCUT2D eigenvalue weighted by molar-refractivity contribution is 7.87. The first-order chi connectivity index (χ1) is 12.5. The molecular formula is C18H11ClN2O4S. The molecule has 6 nitrogen and oxygen atoms in total. The molecule has 0 N–H and O–H groups in total. The van der Waals surface area contributed by atoms with Crippen LogP contribution in [0.4, 0.5) is 0 Å². The van der Waals surface area contributed by atoms with E-state index >= 15 is 0 Å². The summed E-state index contributed by atoms with van der Waals surface area (Å²) < 4.78 is 35.6. The molecule has 0 aliphatic carbocycles. The first-order valence-electron chi connectivity index (χ1n) is 7.53. The van der Waals surface area contributed by atoms with E-state index in [0.29, 0.717) is 27.7 Å². The molecule has 0 aliphatic heterocycles. The van der Waals surface area contributed by atoms with Gasteiger partial charge in [0, 0.05) is 17.3 Å². The lowest BCUT2D eigenvalue weighted by Crippen LogP contribution is -2.09. The van der Waals surface area contributed by atoms with Crippen molar-refractivity contribution < 1.29 is 17.0 Å². The van der Waals surface area contributed by atoms with Crippen LogP contribution in [-0.2, 0) is 10.1 Å². The summed E-state index contributed by atoms with van der Waals surface area (Å²) in [5.41, 5.74) is 1.54. The van der Waals surface area contributed by atoms with E-state index in [1.165, 1.54) is 30.3 Å². The van der Waals surface area contributed by atoms with Gasteiger partial charge in [-0.05, 0) is 42.5 Å². The average Bonchev–Trinajstić information content (AvgIpc) is 3.05. The van der Waals surface area contributed by atoms with Crippen molar-refractivity contribution in [2.24, 2.45) is 0 Å². The minimum atomic E-state index is -4.01. The molecule has 26 heavy (non-hydrogen) atoms. The largest absolute Gasteiger partial charge is 0.435 e. The Morgan fingerprint density at radius 2 is 1.88 bits per heavy atom. The maximum atomic E-state index is 12.4. The second-order valence-electron chi connectivity index (χ2n) is 5.36. The molecule has 8 heteroatoms. The van der Waals surface area contributed by atoms with E-state index in [4.69, 9.17) is 20.2 Å². The summed E-state index contributed by atoms with van der Waals surface area (Å²) >= 11 is 5.84. The quantitative estimate of drug-likeness (QED) is 0.486. The fourth-order valence-electron chi connectivity index (χ4n) is 2.35. The molecule has 2 aromatic carbocycles. The molecule has 0 radical (unpaired) electrons. The van der Waals surface area contributed by atoms with Gasteiger partial charge in [-0.1, -0.05) is 23.7 Å². The van der Waals surface area contributed by atoms with Crippen molar-refractivity contribution in [1.29, 1.82) is 0 Å². The number of fused-ring (bicyclic) bond motifs is 1. The number of hydrogen-bond donors (Lipinski definition) is 0. The molecule has 4 aromatic rings. The van der Waals surface area contributed by atoms with Crippen LogP contribution in [0.3, 0.4) is 0 Å². The monoisotopic (exact) mass is 386 g/mol. The zero-order chi connectivity index (χ0) is 18.1. The maximum Gasteiger partial charge on any atom is 0.339 e. The molecule has 0 spiro atoms. The number of benzene rings is 2. The van der Waals surface area contributed by atoms with Crippen molar-refractivity contribution in [3.63, 3.8) is 0 Å². The average molecular weight is 387 g/mol. The van der Waals surface area contributed by atoms with E-state index in [2.05, 4.69) is 9.97 Å². The number of hydrogen-bond acceptors (Lipinski definition) is 6. The Morgan fingerprint density at radius 3 is 2.65 bits per heavy atom. The van der Waals surface area contributed by atoms with Crippen molar-refractivity contribution in [1.82, 2.24) is 9.97 Å². The minimum Gasteiger partial charge on any atom is -0.435 e. The lowest BCUT2D eigenvalue weighted by Gasteiger charge is -2.06. The molecule has 2 aromatic heterocycles. The van der Waals surface area contributed by atoms with Crippen molar-refractivity contribution in [2.45, 2.75) is 4.90 Å². The van der Waals surface area contributed by atoms with Crippen molar-refractivity contribution in [2.75, 3.05) is 0 Å². The lowest BCUT2D eigenvalue weighted by molar-refractivity contribution is 0.486. The van der Waals surface area contributed by atoms with E-state index in [9.17, 15) is 8.42 Å². The van der Waals surface area contributed by atoms with E-state index in [1.54, 1.807) is 30.5 Å². The number of aromatic nitrogens is 2. The Labute approximate surface area is 154 Å². The molecular weight excluding hydrogens is 376 g/mol. The third kappa shape index (κ3) is 3.26. The second kappa shape index (κ2) is 6.44. The number of pyridine rings is 1. The van der Waals surface area contributed by atoms with Gasteiger partial charge in [-0.2, -0.15) is 8.42 Å². The first-order valence-corrected chi connectivity index (χ1v) is 9.32. The fourth-order valence-corrected chi connectivity index (χ4v) is 3.58. The topological polar surface area (TPSA) is 82.3 Å². The SMILES string of the molecule is O=S(=O)(Oc1ccc2nc(-c3ccccn3)oc2c1)c1cccc(Cl)c1. The van der Waals surface area contributed by atoms with Crippen LogP contribution < -0.4 is 4.18 Å². The highest BCUT2D eigenvalue weighted by Crippen LogP contribution is 2.28. The zero-order valence-electron chi connectivity index (χ0n) is 13.2. The van der Waals surface area contributed by atoms with Gasteiger partial charge in [-0.25, -0.2) is 4.98 Å². The zero-order valence-corrected chi connectivity index (χ0v) is 14.7. The summed E-state index contributed by atoms with van der Waals surface area (Å²) in [7, 11) is -4.01. The van der Waals surface area contributed by atoms with Gasteiger partial charge in [-0.15, -0.1) is 0 Å². The molecule has 130 valence electrons. The Kier molecular flexibility index (Phi) is 4.10. The summed E-state index contributed by atoms with van der Waals surface area (Å²) in [6.07, 6.45) is 1.64. The smallest absolute Gasteiger partial charge is 0.339 e. The van der Waals surface area contributed by atoms with Crippen molar-refractivity contribution in [3.8, 4) is 17.3 Å². The van der Waals surface area contributed by atoms with Crippen molar-refractivity contribution >= 4 is 32.8 Å². The standard InChI is InChI=1S/C18H11ClN2O4S/c19-12-4-3-5-14(10-12)26(22,23)25-13-7-8-15-17(11-13)24-18(21-15)16-6-1-2-9-20-16/h1-11H. The third-order valence-corrected chi connectivity index (χ3v) is 5.01. The van der Waals surface area contributed by atoms with Gasteiger partial charge in [0.1, 0.15) is 21.9 Å². The van der Waals surface area contributed by atoms with Crippen LogP contribution in [-0.4, -0.2) is 18.4 Å². The highest BCUT2D eigenvalue weighted by atomic mass is 35.5. The van der Waals surface area contributed by atoms with Gasteiger partial charge in [0.25, 0.3) is 0 Å². The number of oxazole rings is 1. The Bertz CT molecular complexity index is 1190. The van der Waals surface area contributed by atoms with Gasteiger partial charge in [0.2, 0.25) is 5.89 Å². The molecule has 0 aliphatic rings. The molecule has 0 saturated carbocycles.